The number of amides is 1. The summed E-state index contributed by atoms with van der Waals surface area (Å²) in [6.07, 6.45) is 5.71. The van der Waals surface area contributed by atoms with E-state index in [2.05, 4.69) is 25.2 Å². The average molecular weight is 301 g/mol. The first kappa shape index (κ1) is 13.1. The molecule has 9 heteroatoms. The number of hydrogen-bond acceptors (Lipinski definition) is 7. The molecule has 22 heavy (non-hydrogen) atoms. The van der Waals surface area contributed by atoms with Crippen LogP contribution in [0.15, 0.2) is 18.6 Å². The first-order chi connectivity index (χ1) is 10.7. The van der Waals surface area contributed by atoms with Crippen LogP contribution in [-0.2, 0) is 11.3 Å². The third-order valence-corrected chi connectivity index (χ3v) is 4.13. The van der Waals surface area contributed by atoms with Crippen molar-refractivity contribution in [3.05, 3.63) is 30.0 Å². The number of anilines is 1. The number of nitrogens with zero attached hydrogens (tertiary/aromatic N) is 6. The summed E-state index contributed by atoms with van der Waals surface area (Å²) in [7, 11) is 0. The van der Waals surface area contributed by atoms with Gasteiger partial charge in [0.2, 0.25) is 0 Å². The number of carbonyl (C=O) groups is 1. The number of ether oxygens (including phenoxy) is 1. The number of rotatable bonds is 2. The Kier molecular flexibility index (Phi) is 3.00. The fraction of sp³-hybridized carbons (Fsp3) is 0.462. The van der Waals surface area contributed by atoms with E-state index in [9.17, 15) is 4.79 Å². The molecule has 114 valence electrons. The Balaban J connectivity index is 1.61. The summed E-state index contributed by atoms with van der Waals surface area (Å²) < 4.78 is 7.80. The van der Waals surface area contributed by atoms with Crippen molar-refractivity contribution in [3.8, 4) is 0 Å². The zero-order valence-corrected chi connectivity index (χ0v) is 11.8. The molecule has 2 aromatic rings. The predicted molar refractivity (Wildman–Crippen MR) is 75.0 cm³/mol. The van der Waals surface area contributed by atoms with E-state index in [1.54, 1.807) is 12.4 Å². The Morgan fingerprint density at radius 1 is 1.36 bits per heavy atom. The normalized spacial score (nSPS) is 23.7. The fourth-order valence-electron chi connectivity index (χ4n) is 3.01. The average Bonchev–Trinajstić information content (AvgIpc) is 3.03. The van der Waals surface area contributed by atoms with Crippen molar-refractivity contribution >= 4 is 11.7 Å². The van der Waals surface area contributed by atoms with E-state index in [1.165, 1.54) is 6.20 Å². The lowest BCUT2D eigenvalue weighted by Gasteiger charge is -2.41. The molecule has 4 heterocycles. The highest BCUT2D eigenvalue weighted by molar-refractivity contribution is 5.90. The Morgan fingerprint density at radius 2 is 2.27 bits per heavy atom. The van der Waals surface area contributed by atoms with Crippen LogP contribution in [0.5, 0.6) is 0 Å². The quantitative estimate of drug-likeness (QED) is 0.797. The molecule has 0 radical (unpaired) electrons. The lowest BCUT2D eigenvalue weighted by atomic mass is 10.0. The van der Waals surface area contributed by atoms with Crippen LogP contribution < -0.4 is 10.6 Å². The van der Waals surface area contributed by atoms with Crippen molar-refractivity contribution in [2.45, 2.75) is 25.2 Å². The van der Waals surface area contributed by atoms with Crippen LogP contribution in [0, 0.1) is 0 Å². The zero-order chi connectivity index (χ0) is 15.1. The van der Waals surface area contributed by atoms with Gasteiger partial charge in [-0.05, 0) is 6.42 Å². The molecule has 0 aromatic carbocycles. The fourth-order valence-corrected chi connectivity index (χ4v) is 3.01. The zero-order valence-electron chi connectivity index (χ0n) is 11.8. The molecule has 0 saturated carbocycles. The number of hydrogen-bond donors (Lipinski definition) is 1. The monoisotopic (exact) mass is 301 g/mol. The van der Waals surface area contributed by atoms with E-state index < -0.39 is 5.91 Å². The minimum Gasteiger partial charge on any atom is -0.370 e. The molecule has 1 saturated heterocycles. The maximum absolute atomic E-state index is 11.3. The predicted octanol–water partition coefficient (Wildman–Crippen LogP) is -0.483. The highest BCUT2D eigenvalue weighted by Gasteiger charge is 2.36. The highest BCUT2D eigenvalue weighted by atomic mass is 16.5. The van der Waals surface area contributed by atoms with Gasteiger partial charge in [0.05, 0.1) is 43.0 Å². The van der Waals surface area contributed by atoms with E-state index in [0.717, 1.165) is 18.7 Å². The minimum absolute atomic E-state index is 0.0824. The summed E-state index contributed by atoms with van der Waals surface area (Å²) in [5, 5.41) is 8.12. The molecular weight excluding hydrogens is 286 g/mol. The lowest BCUT2D eigenvalue weighted by molar-refractivity contribution is -0.0373. The first-order valence-electron chi connectivity index (χ1n) is 7.10. The minimum atomic E-state index is -0.580. The van der Waals surface area contributed by atoms with Crippen LogP contribution in [0.4, 0.5) is 5.82 Å². The van der Waals surface area contributed by atoms with E-state index in [0.29, 0.717) is 19.0 Å². The van der Waals surface area contributed by atoms with Gasteiger partial charge in [0, 0.05) is 13.1 Å². The second-order valence-electron chi connectivity index (χ2n) is 5.45. The number of aromatic nitrogens is 5. The van der Waals surface area contributed by atoms with Gasteiger partial charge in [-0.15, -0.1) is 5.10 Å². The molecule has 0 unspecified atom stereocenters. The van der Waals surface area contributed by atoms with Gasteiger partial charge < -0.3 is 15.4 Å². The van der Waals surface area contributed by atoms with Crippen LogP contribution in [-0.4, -0.2) is 50.1 Å². The highest BCUT2D eigenvalue weighted by Crippen LogP contribution is 2.31. The van der Waals surface area contributed by atoms with Crippen molar-refractivity contribution in [3.63, 3.8) is 0 Å². The molecule has 1 amide bonds. The van der Waals surface area contributed by atoms with Gasteiger partial charge >= 0.3 is 0 Å². The van der Waals surface area contributed by atoms with Gasteiger partial charge in [0.15, 0.2) is 0 Å². The van der Waals surface area contributed by atoms with E-state index in [1.807, 2.05) is 4.68 Å². The molecule has 1 fully saturated rings. The molecule has 2 atom stereocenters. The Morgan fingerprint density at radius 3 is 3.14 bits per heavy atom. The molecule has 9 nitrogen and oxygen atoms in total. The maximum atomic E-state index is 11.3. The number of nitrogens with two attached hydrogens (primary N) is 1. The van der Waals surface area contributed by atoms with Gasteiger partial charge in [0.1, 0.15) is 11.5 Å². The smallest absolute Gasteiger partial charge is 0.268 e. The van der Waals surface area contributed by atoms with Crippen molar-refractivity contribution in [1.82, 2.24) is 25.0 Å². The van der Waals surface area contributed by atoms with Crippen LogP contribution >= 0.6 is 0 Å². The Labute approximate surface area is 126 Å². The van der Waals surface area contributed by atoms with Crippen molar-refractivity contribution in [2.75, 3.05) is 18.0 Å². The SMILES string of the molecule is NC(=O)c1cncc(N2CC[C@@H]3OCc4cnnn4[C@@H]3C2)n1. The van der Waals surface area contributed by atoms with Crippen LogP contribution in [0.3, 0.4) is 0 Å². The molecule has 0 spiro atoms. The van der Waals surface area contributed by atoms with Crippen molar-refractivity contribution in [1.29, 1.82) is 0 Å². The standard InChI is InChI=1S/C13H15N7O2/c14-13(21)9-4-15-5-12(17-9)19-2-1-11-10(6-19)20-8(7-22-11)3-16-18-20/h3-5,10-11H,1-2,6-7H2,(H2,14,21)/t10-,11+/m1/s1. The molecule has 2 aliphatic heterocycles. The Bertz CT molecular complexity index is 716. The lowest BCUT2D eigenvalue weighted by Crippen LogP contribution is -2.48. The maximum Gasteiger partial charge on any atom is 0.268 e. The van der Waals surface area contributed by atoms with E-state index in [-0.39, 0.29) is 17.8 Å². The molecule has 4 rings (SSSR count). The van der Waals surface area contributed by atoms with Gasteiger partial charge in [-0.3, -0.25) is 9.78 Å². The summed E-state index contributed by atoms with van der Waals surface area (Å²) in [6, 6.07) is 0.0824. The molecule has 2 aromatic heterocycles. The number of piperidine rings is 1. The molecular formula is C13H15N7O2. The molecule has 2 aliphatic rings. The van der Waals surface area contributed by atoms with Gasteiger partial charge in [-0.25, -0.2) is 9.67 Å². The Hall–Kier alpha value is -2.55. The van der Waals surface area contributed by atoms with Crippen molar-refractivity contribution < 1.29 is 9.53 Å². The molecule has 2 N–H and O–H groups in total. The van der Waals surface area contributed by atoms with Crippen molar-refractivity contribution in [2.24, 2.45) is 5.73 Å². The summed E-state index contributed by atoms with van der Waals surface area (Å²) >= 11 is 0. The number of primary amides is 1. The third-order valence-electron chi connectivity index (χ3n) is 4.13. The number of carbonyl (C=O) groups excluding carboxylic acids is 1. The van der Waals surface area contributed by atoms with Crippen LogP contribution in [0.1, 0.15) is 28.6 Å². The summed E-state index contributed by atoms with van der Waals surface area (Å²) in [6.45, 7) is 2.01. The van der Waals surface area contributed by atoms with E-state index >= 15 is 0 Å². The first-order valence-corrected chi connectivity index (χ1v) is 7.10. The van der Waals surface area contributed by atoms with Gasteiger partial charge in [-0.2, -0.15) is 0 Å². The molecule has 0 bridgehead atoms. The third kappa shape index (κ3) is 2.10. The second kappa shape index (κ2) is 5.02. The van der Waals surface area contributed by atoms with Crippen LogP contribution in [0.2, 0.25) is 0 Å². The summed E-state index contributed by atoms with van der Waals surface area (Å²) in [4.78, 5) is 21.7. The van der Waals surface area contributed by atoms with E-state index in [4.69, 9.17) is 10.5 Å². The molecule has 0 aliphatic carbocycles. The summed E-state index contributed by atoms with van der Waals surface area (Å²) in [5.74, 6) is 0.0609. The van der Waals surface area contributed by atoms with Crippen LogP contribution in [0.25, 0.3) is 0 Å². The topological polar surface area (TPSA) is 112 Å². The second-order valence-corrected chi connectivity index (χ2v) is 5.45. The number of fused-ring (bicyclic) bond motifs is 3. The van der Waals surface area contributed by atoms with Gasteiger partial charge in [-0.1, -0.05) is 5.21 Å². The summed E-state index contributed by atoms with van der Waals surface area (Å²) in [5.41, 5.74) is 6.41. The van der Waals surface area contributed by atoms with Gasteiger partial charge in [0.25, 0.3) is 5.91 Å². The largest absolute Gasteiger partial charge is 0.370 e.